The van der Waals surface area contributed by atoms with Crippen LogP contribution in [0.4, 0.5) is 11.4 Å². The Labute approximate surface area is 173 Å². The van der Waals surface area contributed by atoms with E-state index in [9.17, 15) is 18.0 Å². The van der Waals surface area contributed by atoms with Gasteiger partial charge in [0.2, 0.25) is 15.9 Å². The Hall–Kier alpha value is -2.65. The molecule has 0 fully saturated rings. The molecule has 2 aromatic carbocycles. The summed E-state index contributed by atoms with van der Waals surface area (Å²) in [7, 11) is -1.99. The normalized spacial score (nSPS) is 12.7. The molecule has 0 saturated heterocycles. The lowest BCUT2D eigenvalue weighted by molar-refractivity contribution is -0.116. The van der Waals surface area contributed by atoms with Crippen LogP contribution in [0.3, 0.4) is 0 Å². The van der Waals surface area contributed by atoms with E-state index in [-0.39, 0.29) is 4.87 Å². The van der Waals surface area contributed by atoms with E-state index in [2.05, 4.69) is 5.32 Å². The molecule has 0 saturated carbocycles. The Morgan fingerprint density at radius 3 is 2.45 bits per heavy atom. The third kappa shape index (κ3) is 4.35. The summed E-state index contributed by atoms with van der Waals surface area (Å²) in [6.45, 7) is 3.56. The van der Waals surface area contributed by atoms with E-state index in [0.29, 0.717) is 11.4 Å². The van der Waals surface area contributed by atoms with Crippen LogP contribution in [-0.2, 0) is 28.3 Å². The number of hydrogen-bond acceptors (Lipinski definition) is 5. The van der Waals surface area contributed by atoms with E-state index in [1.165, 1.54) is 0 Å². The van der Waals surface area contributed by atoms with E-state index in [1.54, 1.807) is 48.9 Å². The summed E-state index contributed by atoms with van der Waals surface area (Å²) in [6.07, 6.45) is 1.92. The van der Waals surface area contributed by atoms with Crippen molar-refractivity contribution in [3.63, 3.8) is 0 Å². The second-order valence-corrected chi connectivity index (χ2v) is 9.71. The van der Waals surface area contributed by atoms with Crippen molar-refractivity contribution >= 4 is 48.9 Å². The number of anilines is 2. The van der Waals surface area contributed by atoms with Gasteiger partial charge in [-0.25, -0.2) is 8.42 Å². The monoisotopic (exact) mass is 433 g/mol. The Morgan fingerprint density at radius 1 is 1.21 bits per heavy atom. The molecule has 1 atom stereocenters. The number of fused-ring (bicyclic) bond motifs is 1. The summed E-state index contributed by atoms with van der Waals surface area (Å²) in [5.41, 5.74) is 2.80. The first-order chi connectivity index (χ1) is 13.6. The van der Waals surface area contributed by atoms with Gasteiger partial charge in [-0.1, -0.05) is 30.4 Å². The Kier molecular flexibility index (Phi) is 5.81. The fraction of sp³-hybridized carbons (Fsp3) is 0.300. The number of aromatic nitrogens is 1. The topological polar surface area (TPSA) is 88.5 Å². The lowest BCUT2D eigenvalue weighted by atomic mass is 10.1. The number of nitrogens with one attached hydrogen (secondary N) is 1. The van der Waals surface area contributed by atoms with Crippen LogP contribution in [0.15, 0.2) is 47.3 Å². The molecule has 3 aromatic rings. The Morgan fingerprint density at radius 2 is 1.86 bits per heavy atom. The molecule has 0 bridgehead atoms. The van der Waals surface area contributed by atoms with Crippen LogP contribution in [0, 0.1) is 0 Å². The molecule has 0 aliphatic carbocycles. The minimum atomic E-state index is -3.68. The number of rotatable bonds is 6. The van der Waals surface area contributed by atoms with Crippen molar-refractivity contribution in [1.29, 1.82) is 0 Å². The molecular weight excluding hydrogens is 410 g/mol. The summed E-state index contributed by atoms with van der Waals surface area (Å²) in [4.78, 5) is 24.5. The zero-order valence-corrected chi connectivity index (χ0v) is 18.3. The highest BCUT2D eigenvalue weighted by molar-refractivity contribution is 7.92. The van der Waals surface area contributed by atoms with Crippen LogP contribution in [0.2, 0.25) is 0 Å². The molecule has 0 unspecified atom stereocenters. The standard InChI is InChI=1S/C20H23N3O4S2/c1-5-14-6-9-16(10-7-14)23(29(4,26)27)13(2)19(24)21-15-8-11-17-18(12-15)28-20(25)22(17)3/h6-13H,5H2,1-4H3,(H,21,24)/t13-/m1/s1. The third-order valence-electron chi connectivity index (χ3n) is 4.75. The Bertz CT molecular complexity index is 1210. The molecule has 9 heteroatoms. The van der Waals surface area contributed by atoms with E-state index in [0.717, 1.165) is 44.1 Å². The molecule has 3 rings (SSSR count). The van der Waals surface area contributed by atoms with Gasteiger partial charge in [0.05, 0.1) is 22.2 Å². The fourth-order valence-corrected chi connectivity index (χ4v) is 5.24. The van der Waals surface area contributed by atoms with Crippen LogP contribution in [0.1, 0.15) is 19.4 Å². The number of amides is 1. The predicted octanol–water partition coefficient (Wildman–Crippen LogP) is 2.96. The molecule has 154 valence electrons. The average molecular weight is 434 g/mol. The van der Waals surface area contributed by atoms with Crippen molar-refractivity contribution < 1.29 is 13.2 Å². The first kappa shape index (κ1) is 21.1. The molecule has 29 heavy (non-hydrogen) atoms. The van der Waals surface area contributed by atoms with Gasteiger partial charge in [0.15, 0.2) is 0 Å². The number of benzene rings is 2. The smallest absolute Gasteiger partial charge is 0.307 e. The van der Waals surface area contributed by atoms with Crippen LogP contribution in [-0.4, -0.2) is 31.2 Å². The van der Waals surface area contributed by atoms with Crippen molar-refractivity contribution in [2.24, 2.45) is 7.05 Å². The van der Waals surface area contributed by atoms with E-state index in [4.69, 9.17) is 0 Å². The maximum Gasteiger partial charge on any atom is 0.307 e. The summed E-state index contributed by atoms with van der Waals surface area (Å²) in [6, 6.07) is 11.3. The molecule has 1 aromatic heterocycles. The third-order valence-corrected chi connectivity index (χ3v) is 6.98. The molecule has 1 amide bonds. The zero-order chi connectivity index (χ0) is 21.3. The molecule has 1 heterocycles. The van der Waals surface area contributed by atoms with Crippen LogP contribution in [0.5, 0.6) is 0 Å². The van der Waals surface area contributed by atoms with Crippen molar-refractivity contribution in [2.45, 2.75) is 26.3 Å². The number of hydrogen-bond donors (Lipinski definition) is 1. The number of sulfonamides is 1. The number of nitrogens with zero attached hydrogens (tertiary/aromatic N) is 2. The van der Waals surface area contributed by atoms with E-state index >= 15 is 0 Å². The van der Waals surface area contributed by atoms with Crippen molar-refractivity contribution in [3.05, 3.63) is 57.7 Å². The molecule has 1 N–H and O–H groups in total. The van der Waals surface area contributed by atoms with Gasteiger partial charge < -0.3 is 9.88 Å². The first-order valence-electron chi connectivity index (χ1n) is 9.10. The number of aryl methyl sites for hydroxylation is 2. The highest BCUT2D eigenvalue weighted by atomic mass is 32.2. The molecular formula is C20H23N3O4S2. The maximum atomic E-state index is 12.8. The SMILES string of the molecule is CCc1ccc(N([C@H](C)C(=O)Nc2ccc3c(c2)sc(=O)n3C)S(C)(=O)=O)cc1. The predicted molar refractivity (Wildman–Crippen MR) is 118 cm³/mol. The lowest BCUT2D eigenvalue weighted by Crippen LogP contribution is -2.45. The van der Waals surface area contributed by atoms with Gasteiger partial charge in [-0.05, 0) is 49.2 Å². The number of carbonyl (C=O) groups excluding carboxylic acids is 1. The summed E-state index contributed by atoms with van der Waals surface area (Å²) >= 11 is 1.09. The van der Waals surface area contributed by atoms with Crippen LogP contribution in [0.25, 0.3) is 10.2 Å². The second-order valence-electron chi connectivity index (χ2n) is 6.85. The van der Waals surface area contributed by atoms with Crippen molar-refractivity contribution in [3.8, 4) is 0 Å². The quantitative estimate of drug-likeness (QED) is 0.647. The van der Waals surface area contributed by atoms with Crippen LogP contribution >= 0.6 is 11.3 Å². The van der Waals surface area contributed by atoms with Gasteiger partial charge in [0.1, 0.15) is 6.04 Å². The van der Waals surface area contributed by atoms with Gasteiger partial charge in [-0.15, -0.1) is 0 Å². The minimum absolute atomic E-state index is 0.0874. The van der Waals surface area contributed by atoms with Gasteiger partial charge in [0, 0.05) is 12.7 Å². The second kappa shape index (κ2) is 8.00. The van der Waals surface area contributed by atoms with Gasteiger partial charge >= 0.3 is 4.87 Å². The van der Waals surface area contributed by atoms with E-state index in [1.807, 2.05) is 19.1 Å². The molecule has 0 aliphatic rings. The minimum Gasteiger partial charge on any atom is -0.324 e. The zero-order valence-electron chi connectivity index (χ0n) is 16.7. The summed E-state index contributed by atoms with van der Waals surface area (Å²) in [5, 5.41) is 2.76. The summed E-state index contributed by atoms with van der Waals surface area (Å²) in [5.74, 6) is -0.461. The van der Waals surface area contributed by atoms with Crippen molar-refractivity contribution in [2.75, 3.05) is 15.9 Å². The highest BCUT2D eigenvalue weighted by Crippen LogP contribution is 2.24. The number of thiazole rings is 1. The average Bonchev–Trinajstić information content (AvgIpc) is 2.94. The fourth-order valence-electron chi connectivity index (χ4n) is 3.15. The molecule has 0 aliphatic heterocycles. The highest BCUT2D eigenvalue weighted by Gasteiger charge is 2.29. The summed E-state index contributed by atoms with van der Waals surface area (Å²) < 4.78 is 28.2. The Balaban J connectivity index is 1.88. The van der Waals surface area contributed by atoms with Crippen molar-refractivity contribution in [1.82, 2.24) is 4.57 Å². The molecule has 0 spiro atoms. The van der Waals surface area contributed by atoms with Gasteiger partial charge in [-0.3, -0.25) is 13.9 Å². The van der Waals surface area contributed by atoms with E-state index < -0.39 is 22.0 Å². The number of carbonyl (C=O) groups is 1. The molecule has 7 nitrogen and oxygen atoms in total. The van der Waals surface area contributed by atoms with Gasteiger partial charge in [-0.2, -0.15) is 0 Å². The lowest BCUT2D eigenvalue weighted by Gasteiger charge is -2.28. The van der Waals surface area contributed by atoms with Gasteiger partial charge in [0.25, 0.3) is 0 Å². The molecule has 0 radical (unpaired) electrons. The maximum absolute atomic E-state index is 12.8. The van der Waals surface area contributed by atoms with Crippen LogP contribution < -0.4 is 14.5 Å². The largest absolute Gasteiger partial charge is 0.324 e. The first-order valence-corrected chi connectivity index (χ1v) is 11.8.